The molecule has 1 heterocycles. The van der Waals surface area contributed by atoms with Gasteiger partial charge in [0.1, 0.15) is 5.82 Å². The maximum absolute atomic E-state index is 12.9. The van der Waals surface area contributed by atoms with Gasteiger partial charge in [-0.2, -0.15) is 0 Å². The van der Waals surface area contributed by atoms with Gasteiger partial charge in [-0.1, -0.05) is 0 Å². The number of rotatable bonds is 3. The molecular formula is C14H16FN2OPS. The number of aromatic nitrogens is 1. The second-order valence-corrected chi connectivity index (χ2v) is 9.00. The van der Waals surface area contributed by atoms with Crippen molar-refractivity contribution in [3.8, 4) is 0 Å². The Kier molecular flexibility index (Phi) is 3.65. The van der Waals surface area contributed by atoms with Crippen LogP contribution in [0.1, 0.15) is 23.4 Å². The normalized spacial score (nSPS) is 17.3. The number of anilines is 1. The van der Waals surface area contributed by atoms with Crippen molar-refractivity contribution in [2.75, 3.05) is 11.8 Å². The molecule has 0 radical (unpaired) electrons. The zero-order valence-electron chi connectivity index (χ0n) is 11.2. The van der Waals surface area contributed by atoms with Crippen LogP contribution in [0.3, 0.4) is 0 Å². The lowest BCUT2D eigenvalue weighted by Gasteiger charge is -2.13. The molecule has 0 fully saturated rings. The minimum absolute atomic E-state index is 0.300. The van der Waals surface area contributed by atoms with Gasteiger partial charge < -0.3 is 5.09 Å². The van der Waals surface area contributed by atoms with E-state index in [1.165, 1.54) is 23.4 Å². The summed E-state index contributed by atoms with van der Waals surface area (Å²) in [6.07, 6.45) is 4.38. The van der Waals surface area contributed by atoms with Crippen molar-refractivity contribution in [3.05, 3.63) is 40.7 Å². The first-order chi connectivity index (χ1) is 9.54. The van der Waals surface area contributed by atoms with Crippen molar-refractivity contribution in [2.45, 2.75) is 25.7 Å². The molecule has 0 saturated carbocycles. The van der Waals surface area contributed by atoms with Gasteiger partial charge in [-0.3, -0.25) is 4.57 Å². The standard InChI is InChI=1S/C14H16FN2OPS/c1-19(18,17-11-8-6-10(15)7-9-11)14-16-12-4-2-3-5-13(12)20-14/h6-9H,2-5H2,1H3,(H,17,18)/t19-/m0/s1. The molecule has 3 nitrogen and oxygen atoms in total. The van der Waals surface area contributed by atoms with E-state index in [0.29, 0.717) is 10.4 Å². The molecule has 0 aliphatic heterocycles. The van der Waals surface area contributed by atoms with E-state index >= 15 is 0 Å². The van der Waals surface area contributed by atoms with Crippen molar-refractivity contribution >= 4 is 29.1 Å². The summed E-state index contributed by atoms with van der Waals surface area (Å²) < 4.78 is 26.4. The number of nitrogens with one attached hydrogen (secondary N) is 1. The van der Waals surface area contributed by atoms with Crippen LogP contribution in [0.4, 0.5) is 10.1 Å². The molecule has 1 aromatic heterocycles. The Morgan fingerprint density at radius 2 is 1.95 bits per heavy atom. The van der Waals surface area contributed by atoms with Crippen LogP contribution in [0, 0.1) is 5.82 Å². The van der Waals surface area contributed by atoms with Crippen molar-refractivity contribution in [3.63, 3.8) is 0 Å². The highest BCUT2D eigenvalue weighted by Crippen LogP contribution is 2.42. The summed E-state index contributed by atoms with van der Waals surface area (Å²) in [6.45, 7) is 1.68. The van der Waals surface area contributed by atoms with E-state index in [2.05, 4.69) is 10.1 Å². The largest absolute Gasteiger partial charge is 0.331 e. The minimum Gasteiger partial charge on any atom is -0.331 e. The Hall–Kier alpha value is -1.19. The van der Waals surface area contributed by atoms with Gasteiger partial charge in [-0.25, -0.2) is 9.37 Å². The maximum Gasteiger partial charge on any atom is 0.223 e. The van der Waals surface area contributed by atoms with Crippen LogP contribution in [-0.2, 0) is 17.4 Å². The lowest BCUT2D eigenvalue weighted by Crippen LogP contribution is -2.10. The lowest BCUT2D eigenvalue weighted by atomic mass is 10.0. The van der Waals surface area contributed by atoms with Gasteiger partial charge in [0.2, 0.25) is 7.29 Å². The highest BCUT2D eigenvalue weighted by Gasteiger charge is 2.26. The Bertz CT molecular complexity index is 645. The van der Waals surface area contributed by atoms with E-state index in [4.69, 9.17) is 0 Å². The summed E-state index contributed by atoms with van der Waals surface area (Å²) in [5, 5.41) is 3.01. The fourth-order valence-electron chi connectivity index (χ4n) is 2.34. The average Bonchev–Trinajstić information content (AvgIpc) is 2.86. The summed E-state index contributed by atoms with van der Waals surface area (Å²) in [7, 11) is -2.75. The van der Waals surface area contributed by atoms with Crippen LogP contribution in [0.2, 0.25) is 0 Å². The van der Waals surface area contributed by atoms with Crippen LogP contribution in [-0.4, -0.2) is 11.6 Å². The first kappa shape index (κ1) is 13.8. The number of thiazole rings is 1. The molecule has 0 saturated heterocycles. The van der Waals surface area contributed by atoms with E-state index in [1.54, 1.807) is 30.1 Å². The molecule has 1 N–H and O–H groups in total. The molecule has 6 heteroatoms. The third kappa shape index (κ3) is 2.79. The molecule has 20 heavy (non-hydrogen) atoms. The summed E-state index contributed by atoms with van der Waals surface area (Å²) in [4.78, 5) is 5.83. The maximum atomic E-state index is 12.9. The van der Waals surface area contributed by atoms with Gasteiger partial charge in [0.15, 0.2) is 4.75 Å². The van der Waals surface area contributed by atoms with Gasteiger partial charge in [-0.05, 0) is 49.9 Å². The zero-order valence-corrected chi connectivity index (χ0v) is 12.9. The summed E-state index contributed by atoms with van der Waals surface area (Å²) in [6, 6.07) is 5.91. The van der Waals surface area contributed by atoms with Gasteiger partial charge in [-0.15, -0.1) is 11.3 Å². The fraction of sp³-hybridized carbons (Fsp3) is 0.357. The first-order valence-electron chi connectivity index (χ1n) is 6.65. The van der Waals surface area contributed by atoms with Gasteiger partial charge in [0, 0.05) is 17.2 Å². The lowest BCUT2D eigenvalue weighted by molar-refractivity contribution is 0.587. The Labute approximate surface area is 121 Å². The van der Waals surface area contributed by atoms with Crippen molar-refractivity contribution in [2.24, 2.45) is 0 Å². The second-order valence-electron chi connectivity index (χ2n) is 5.12. The molecular weight excluding hydrogens is 294 g/mol. The summed E-state index contributed by atoms with van der Waals surface area (Å²) in [5.41, 5.74) is 1.77. The summed E-state index contributed by atoms with van der Waals surface area (Å²) >= 11 is 1.55. The molecule has 1 aromatic carbocycles. The van der Waals surface area contributed by atoms with Crippen LogP contribution < -0.4 is 9.84 Å². The zero-order chi connectivity index (χ0) is 14.2. The molecule has 3 rings (SSSR count). The van der Waals surface area contributed by atoms with Crippen LogP contribution in [0.15, 0.2) is 24.3 Å². The number of halogens is 1. The highest BCUT2D eigenvalue weighted by molar-refractivity contribution is 7.77. The fourth-order valence-corrected chi connectivity index (χ4v) is 5.44. The van der Waals surface area contributed by atoms with Gasteiger partial charge in [0.25, 0.3) is 0 Å². The number of benzene rings is 1. The number of hydrogen-bond donors (Lipinski definition) is 1. The Balaban J connectivity index is 1.85. The molecule has 2 aromatic rings. The van der Waals surface area contributed by atoms with Crippen LogP contribution in [0.5, 0.6) is 0 Å². The highest BCUT2D eigenvalue weighted by atomic mass is 32.1. The minimum atomic E-state index is -2.75. The predicted octanol–water partition coefficient (Wildman–Crippen LogP) is 3.81. The second kappa shape index (κ2) is 5.30. The summed E-state index contributed by atoms with van der Waals surface area (Å²) in [5.74, 6) is -0.300. The molecule has 1 aliphatic carbocycles. The van der Waals surface area contributed by atoms with E-state index in [-0.39, 0.29) is 5.82 Å². The van der Waals surface area contributed by atoms with Crippen LogP contribution in [0.25, 0.3) is 0 Å². The molecule has 1 atom stereocenters. The topological polar surface area (TPSA) is 42.0 Å². The molecule has 1 aliphatic rings. The van der Waals surface area contributed by atoms with Crippen molar-refractivity contribution in [1.29, 1.82) is 0 Å². The third-order valence-electron chi connectivity index (χ3n) is 3.39. The number of hydrogen-bond acceptors (Lipinski definition) is 3. The molecule has 106 valence electrons. The number of fused-ring (bicyclic) bond motifs is 1. The van der Waals surface area contributed by atoms with Crippen LogP contribution >= 0.6 is 18.6 Å². The average molecular weight is 310 g/mol. The number of nitrogens with zero attached hydrogens (tertiary/aromatic N) is 1. The smallest absolute Gasteiger partial charge is 0.223 e. The van der Waals surface area contributed by atoms with Gasteiger partial charge in [0.05, 0.1) is 5.69 Å². The quantitative estimate of drug-likeness (QED) is 0.877. The monoisotopic (exact) mass is 310 g/mol. The molecule has 0 spiro atoms. The SMILES string of the molecule is C[P@@](=O)(Nc1ccc(F)cc1)c1nc2c(s1)CCCC2. The van der Waals surface area contributed by atoms with Crippen molar-refractivity contribution in [1.82, 2.24) is 4.98 Å². The third-order valence-corrected chi connectivity index (χ3v) is 7.18. The molecule has 0 unspecified atom stereocenters. The van der Waals surface area contributed by atoms with Crippen molar-refractivity contribution < 1.29 is 8.96 Å². The van der Waals surface area contributed by atoms with E-state index in [1.807, 2.05) is 0 Å². The van der Waals surface area contributed by atoms with Gasteiger partial charge >= 0.3 is 0 Å². The first-order valence-corrected chi connectivity index (χ1v) is 9.62. The van der Waals surface area contributed by atoms with E-state index < -0.39 is 7.29 Å². The number of aryl methyl sites for hydroxylation is 2. The van der Waals surface area contributed by atoms with E-state index in [0.717, 1.165) is 25.0 Å². The Morgan fingerprint density at radius 1 is 1.25 bits per heavy atom. The van der Waals surface area contributed by atoms with E-state index in [9.17, 15) is 8.96 Å². The predicted molar refractivity (Wildman–Crippen MR) is 81.9 cm³/mol. The molecule has 0 amide bonds. The molecule has 0 bridgehead atoms. The Morgan fingerprint density at radius 3 is 2.65 bits per heavy atom.